The second-order valence-corrected chi connectivity index (χ2v) is 9.73. The fourth-order valence-electron chi connectivity index (χ4n) is 4.67. The summed E-state index contributed by atoms with van der Waals surface area (Å²) < 4.78 is 14.8. The number of halogens is 1. The largest absolute Gasteiger partial charge is 0.244 e. The van der Waals surface area contributed by atoms with Crippen LogP contribution in [0.25, 0.3) is 0 Å². The first-order chi connectivity index (χ1) is 9.77. The van der Waals surface area contributed by atoms with Crippen molar-refractivity contribution in [3.8, 4) is 0 Å². The Hall–Kier alpha value is -0.330. The predicted molar refractivity (Wildman–Crippen MR) is 96.9 cm³/mol. The van der Waals surface area contributed by atoms with Crippen molar-refractivity contribution in [1.82, 2.24) is 0 Å². The van der Waals surface area contributed by atoms with Crippen LogP contribution in [0.5, 0.6) is 0 Å². The van der Waals surface area contributed by atoms with E-state index in [9.17, 15) is 4.39 Å². The average Bonchev–Trinajstić information content (AvgIpc) is 2.37. The minimum Gasteiger partial charge on any atom is -0.244 e. The van der Waals surface area contributed by atoms with E-state index in [0.717, 1.165) is 6.42 Å². The molecule has 130 valence electrons. The lowest BCUT2D eigenvalue weighted by atomic mass is 9.34. The van der Waals surface area contributed by atoms with Gasteiger partial charge in [0.2, 0.25) is 0 Å². The Bertz CT molecular complexity index is 400. The van der Waals surface area contributed by atoms with E-state index in [2.05, 4.69) is 55.0 Å². The highest BCUT2D eigenvalue weighted by Crippen LogP contribution is 2.74. The van der Waals surface area contributed by atoms with Crippen molar-refractivity contribution in [3.05, 3.63) is 12.7 Å². The summed E-state index contributed by atoms with van der Waals surface area (Å²) in [6, 6.07) is 0. The van der Waals surface area contributed by atoms with Crippen LogP contribution in [0, 0.1) is 21.7 Å². The molecular formula is C21H39F. The Morgan fingerprint density at radius 3 is 1.95 bits per heavy atom. The summed E-state index contributed by atoms with van der Waals surface area (Å²) in [5.41, 5.74) is -0.964. The van der Waals surface area contributed by atoms with Crippen LogP contribution in [0.2, 0.25) is 0 Å². The van der Waals surface area contributed by atoms with Crippen molar-refractivity contribution >= 4 is 0 Å². The third-order valence-corrected chi connectivity index (χ3v) is 8.15. The molecule has 0 amide bonds. The van der Waals surface area contributed by atoms with Crippen LogP contribution in [0.4, 0.5) is 4.39 Å². The topological polar surface area (TPSA) is 0 Å². The van der Waals surface area contributed by atoms with Crippen LogP contribution in [-0.4, -0.2) is 5.67 Å². The van der Waals surface area contributed by atoms with Crippen LogP contribution in [0.3, 0.4) is 0 Å². The quantitative estimate of drug-likeness (QED) is 0.325. The lowest BCUT2D eigenvalue weighted by Crippen LogP contribution is -2.69. The molecule has 0 radical (unpaired) electrons. The summed E-state index contributed by atoms with van der Waals surface area (Å²) in [5.74, 6) is 0. The van der Waals surface area contributed by atoms with Gasteiger partial charge in [-0.2, -0.15) is 0 Å². The Balaban J connectivity index is 2.82. The van der Waals surface area contributed by atoms with E-state index >= 15 is 0 Å². The molecule has 0 N–H and O–H groups in total. The van der Waals surface area contributed by atoms with Crippen LogP contribution in [0.1, 0.15) is 93.9 Å². The van der Waals surface area contributed by atoms with Crippen molar-refractivity contribution in [2.24, 2.45) is 21.7 Å². The molecule has 1 aliphatic carbocycles. The van der Waals surface area contributed by atoms with Crippen molar-refractivity contribution in [1.29, 1.82) is 0 Å². The van der Waals surface area contributed by atoms with Crippen LogP contribution >= 0.6 is 0 Å². The van der Waals surface area contributed by atoms with E-state index in [4.69, 9.17) is 0 Å². The minimum absolute atomic E-state index is 0.0358. The second-order valence-electron chi connectivity index (χ2n) is 9.73. The molecule has 2 atom stereocenters. The zero-order valence-corrected chi connectivity index (χ0v) is 16.4. The molecule has 0 heterocycles. The first-order valence-electron chi connectivity index (χ1n) is 9.07. The van der Waals surface area contributed by atoms with Gasteiger partial charge in [-0.3, -0.25) is 0 Å². The molecule has 1 aliphatic rings. The van der Waals surface area contributed by atoms with Gasteiger partial charge < -0.3 is 0 Å². The van der Waals surface area contributed by atoms with Gasteiger partial charge in [0.15, 0.2) is 0 Å². The zero-order valence-electron chi connectivity index (χ0n) is 16.4. The summed E-state index contributed by atoms with van der Waals surface area (Å²) in [6.45, 7) is 21.6. The highest BCUT2D eigenvalue weighted by molar-refractivity contribution is 5.20. The number of allylic oxidation sites excluding steroid dienone is 1. The third-order valence-electron chi connectivity index (χ3n) is 8.15. The maximum absolute atomic E-state index is 14.8. The predicted octanol–water partition coefficient (Wildman–Crippen LogP) is 7.34. The van der Waals surface area contributed by atoms with E-state index in [1.807, 2.05) is 6.08 Å². The summed E-state index contributed by atoms with van der Waals surface area (Å²) in [5, 5.41) is 0. The monoisotopic (exact) mass is 310 g/mol. The van der Waals surface area contributed by atoms with Crippen molar-refractivity contribution in [2.75, 3.05) is 0 Å². The van der Waals surface area contributed by atoms with Gasteiger partial charge in [0.05, 0.1) is 0 Å². The van der Waals surface area contributed by atoms with E-state index in [0.29, 0.717) is 6.42 Å². The lowest BCUT2D eigenvalue weighted by molar-refractivity contribution is -0.265. The molecule has 1 heteroatoms. The van der Waals surface area contributed by atoms with E-state index < -0.39 is 5.67 Å². The van der Waals surface area contributed by atoms with Gasteiger partial charge in [-0.05, 0) is 48.9 Å². The molecule has 1 rings (SSSR count). The molecule has 0 aromatic heterocycles. The fraction of sp³-hybridized carbons (Fsp3) is 0.905. The molecular weight excluding hydrogens is 271 g/mol. The first-order valence-corrected chi connectivity index (χ1v) is 9.07. The summed E-state index contributed by atoms with van der Waals surface area (Å²) in [6.07, 6.45) is 8.79. The molecule has 0 saturated heterocycles. The first kappa shape index (κ1) is 19.7. The fourth-order valence-corrected chi connectivity index (χ4v) is 4.67. The average molecular weight is 311 g/mol. The molecule has 0 aromatic rings. The zero-order chi connectivity index (χ0) is 17.4. The maximum atomic E-state index is 14.8. The van der Waals surface area contributed by atoms with Crippen molar-refractivity contribution < 1.29 is 4.39 Å². The SMILES string of the molecule is C=CCCCCCC(C)(C)C(C)(C)C1(C)CC(C)(F)C1(C)C. The second kappa shape index (κ2) is 5.95. The molecule has 2 unspecified atom stereocenters. The highest BCUT2D eigenvalue weighted by Gasteiger charge is 2.71. The third kappa shape index (κ3) is 2.78. The van der Waals surface area contributed by atoms with Crippen molar-refractivity contribution in [2.45, 2.75) is 99.6 Å². The number of alkyl halides is 1. The summed E-state index contributed by atoms with van der Waals surface area (Å²) in [4.78, 5) is 0. The Morgan fingerprint density at radius 2 is 1.55 bits per heavy atom. The Kier molecular flexibility index (Phi) is 5.33. The molecule has 0 nitrogen and oxygen atoms in total. The lowest BCUT2D eigenvalue weighted by Gasteiger charge is -2.71. The van der Waals surface area contributed by atoms with Crippen molar-refractivity contribution in [3.63, 3.8) is 0 Å². The van der Waals surface area contributed by atoms with Gasteiger partial charge >= 0.3 is 0 Å². The standard InChI is InChI=1S/C21H39F/c1-10-11-12-13-14-15-17(2,3)18(4,5)20(8)16-21(9,22)19(20,6)7/h10H,1,11-16H2,2-9H3. The van der Waals surface area contributed by atoms with Gasteiger partial charge in [-0.1, -0.05) is 67.4 Å². The normalized spacial score (nSPS) is 31.7. The number of rotatable bonds is 8. The van der Waals surface area contributed by atoms with Crippen LogP contribution < -0.4 is 0 Å². The Morgan fingerprint density at radius 1 is 1.00 bits per heavy atom. The maximum Gasteiger partial charge on any atom is 0.114 e. The molecule has 1 saturated carbocycles. The minimum atomic E-state index is -1.04. The van der Waals surface area contributed by atoms with Crippen LogP contribution in [0.15, 0.2) is 12.7 Å². The molecule has 0 aliphatic heterocycles. The van der Waals surface area contributed by atoms with Gasteiger partial charge in [-0.25, -0.2) is 4.39 Å². The van der Waals surface area contributed by atoms with Gasteiger partial charge in [0.1, 0.15) is 5.67 Å². The number of hydrogen-bond donors (Lipinski definition) is 0. The molecule has 0 bridgehead atoms. The molecule has 0 spiro atoms. The van der Waals surface area contributed by atoms with E-state index in [1.54, 1.807) is 6.92 Å². The highest BCUT2D eigenvalue weighted by atomic mass is 19.1. The number of hydrogen-bond acceptors (Lipinski definition) is 0. The molecule has 22 heavy (non-hydrogen) atoms. The van der Waals surface area contributed by atoms with E-state index in [-0.39, 0.29) is 21.7 Å². The van der Waals surface area contributed by atoms with Gasteiger partial charge in [0.25, 0.3) is 0 Å². The van der Waals surface area contributed by atoms with E-state index in [1.165, 1.54) is 25.7 Å². The van der Waals surface area contributed by atoms with Gasteiger partial charge in [0, 0.05) is 5.41 Å². The molecule has 1 fully saturated rings. The Labute approximate surface area is 139 Å². The molecule has 0 aromatic carbocycles. The summed E-state index contributed by atoms with van der Waals surface area (Å²) in [7, 11) is 0. The number of unbranched alkanes of at least 4 members (excludes halogenated alkanes) is 3. The smallest absolute Gasteiger partial charge is 0.114 e. The summed E-state index contributed by atoms with van der Waals surface area (Å²) >= 11 is 0. The van der Waals surface area contributed by atoms with Gasteiger partial charge in [-0.15, -0.1) is 6.58 Å². The van der Waals surface area contributed by atoms with Crippen LogP contribution in [-0.2, 0) is 0 Å².